The zero-order valence-corrected chi connectivity index (χ0v) is 12.6. The smallest absolute Gasteiger partial charge is 0.128 e. The second-order valence-electron chi connectivity index (χ2n) is 5.33. The summed E-state index contributed by atoms with van der Waals surface area (Å²) in [5.74, 6) is 1.09. The highest BCUT2D eigenvalue weighted by atomic mass is 15.1. The molecule has 1 heterocycles. The van der Waals surface area contributed by atoms with Gasteiger partial charge in [-0.2, -0.15) is 0 Å². The van der Waals surface area contributed by atoms with Gasteiger partial charge in [0.2, 0.25) is 0 Å². The van der Waals surface area contributed by atoms with Crippen LogP contribution in [-0.4, -0.2) is 28.5 Å². The van der Waals surface area contributed by atoms with Crippen LogP contribution in [0.3, 0.4) is 0 Å². The summed E-state index contributed by atoms with van der Waals surface area (Å²) in [7, 11) is 4.17. The van der Waals surface area contributed by atoms with E-state index in [1.54, 1.807) is 0 Å². The third kappa shape index (κ3) is 4.10. The van der Waals surface area contributed by atoms with Crippen LogP contribution < -0.4 is 5.32 Å². The molecule has 0 atom stereocenters. The molecule has 2 aromatic rings. The first-order valence-electron chi connectivity index (χ1n) is 7.16. The van der Waals surface area contributed by atoms with Gasteiger partial charge in [-0.05, 0) is 38.2 Å². The number of benzene rings is 1. The fourth-order valence-corrected chi connectivity index (χ4v) is 2.23. The number of rotatable bonds is 7. The summed E-state index contributed by atoms with van der Waals surface area (Å²) in [4.78, 5) is 6.57. The summed E-state index contributed by atoms with van der Waals surface area (Å²) in [5.41, 5.74) is 2.46. The van der Waals surface area contributed by atoms with Gasteiger partial charge in [0.05, 0.1) is 6.54 Å². The summed E-state index contributed by atoms with van der Waals surface area (Å²) in [6.45, 7) is 4.95. The molecule has 0 aliphatic carbocycles. The highest BCUT2D eigenvalue weighted by Gasteiger charge is 2.02. The van der Waals surface area contributed by atoms with Gasteiger partial charge >= 0.3 is 0 Å². The molecule has 0 fully saturated rings. The van der Waals surface area contributed by atoms with E-state index < -0.39 is 0 Å². The van der Waals surface area contributed by atoms with Crippen molar-refractivity contribution in [2.24, 2.45) is 0 Å². The Balaban J connectivity index is 1.92. The Kier molecular flexibility index (Phi) is 5.18. The Hall–Kier alpha value is -1.81. The van der Waals surface area contributed by atoms with Gasteiger partial charge in [0.1, 0.15) is 5.82 Å². The molecule has 1 aromatic carbocycles. The highest BCUT2D eigenvalue weighted by molar-refractivity contribution is 5.44. The van der Waals surface area contributed by atoms with Crippen molar-refractivity contribution in [1.82, 2.24) is 14.5 Å². The molecule has 0 unspecified atom stereocenters. The van der Waals surface area contributed by atoms with Gasteiger partial charge in [0.25, 0.3) is 0 Å². The van der Waals surface area contributed by atoms with Gasteiger partial charge in [-0.1, -0.05) is 19.1 Å². The van der Waals surface area contributed by atoms with E-state index in [-0.39, 0.29) is 0 Å². The SMILES string of the molecule is CCCn1ccnc1CNc1ccc(CN(C)C)cc1. The van der Waals surface area contributed by atoms with Crippen molar-refractivity contribution in [1.29, 1.82) is 0 Å². The molecule has 0 bridgehead atoms. The maximum Gasteiger partial charge on any atom is 0.128 e. The van der Waals surface area contributed by atoms with Gasteiger partial charge < -0.3 is 14.8 Å². The molecule has 0 spiro atoms. The number of hydrogen-bond acceptors (Lipinski definition) is 3. The Bertz CT molecular complexity index is 514. The average molecular weight is 272 g/mol. The van der Waals surface area contributed by atoms with E-state index in [1.807, 2.05) is 12.4 Å². The standard InChI is InChI=1S/C16H24N4/c1-4-10-20-11-9-17-16(20)12-18-15-7-5-14(6-8-15)13-19(2)3/h5-9,11,18H,4,10,12-13H2,1-3H3. The first-order chi connectivity index (χ1) is 9.69. The van der Waals surface area contributed by atoms with Gasteiger partial charge in [-0.3, -0.25) is 0 Å². The molecular weight excluding hydrogens is 248 g/mol. The second kappa shape index (κ2) is 7.10. The van der Waals surface area contributed by atoms with Crippen LogP contribution in [-0.2, 0) is 19.6 Å². The van der Waals surface area contributed by atoms with Gasteiger partial charge in [0, 0.05) is 31.2 Å². The molecule has 0 radical (unpaired) electrons. The molecular formula is C16H24N4. The molecule has 0 aliphatic heterocycles. The summed E-state index contributed by atoms with van der Waals surface area (Å²) < 4.78 is 2.20. The van der Waals surface area contributed by atoms with E-state index in [1.165, 1.54) is 5.56 Å². The van der Waals surface area contributed by atoms with E-state index in [0.717, 1.165) is 37.6 Å². The van der Waals surface area contributed by atoms with Crippen LogP contribution in [0.4, 0.5) is 5.69 Å². The molecule has 0 saturated heterocycles. The Morgan fingerprint density at radius 3 is 2.60 bits per heavy atom. The Morgan fingerprint density at radius 2 is 1.95 bits per heavy atom. The van der Waals surface area contributed by atoms with E-state index in [4.69, 9.17) is 0 Å². The van der Waals surface area contributed by atoms with Crippen LogP contribution >= 0.6 is 0 Å². The predicted molar refractivity (Wildman–Crippen MR) is 83.7 cm³/mol. The van der Waals surface area contributed by atoms with Gasteiger partial charge in [0.15, 0.2) is 0 Å². The first-order valence-corrected chi connectivity index (χ1v) is 7.16. The number of nitrogens with one attached hydrogen (secondary N) is 1. The molecule has 108 valence electrons. The van der Waals surface area contributed by atoms with Crippen LogP contribution in [0.1, 0.15) is 24.7 Å². The Morgan fingerprint density at radius 1 is 1.20 bits per heavy atom. The largest absolute Gasteiger partial charge is 0.378 e. The molecule has 0 saturated carbocycles. The van der Waals surface area contributed by atoms with Crippen molar-refractivity contribution in [3.63, 3.8) is 0 Å². The lowest BCUT2D eigenvalue weighted by Crippen LogP contribution is -2.11. The number of aromatic nitrogens is 2. The van der Waals surface area contributed by atoms with Crippen LogP contribution in [0.2, 0.25) is 0 Å². The minimum absolute atomic E-state index is 0.764. The van der Waals surface area contributed by atoms with Crippen molar-refractivity contribution in [3.05, 3.63) is 48.0 Å². The number of imidazole rings is 1. The maximum atomic E-state index is 4.40. The average Bonchev–Trinajstić information content (AvgIpc) is 2.85. The zero-order chi connectivity index (χ0) is 14.4. The molecule has 4 nitrogen and oxygen atoms in total. The normalized spacial score (nSPS) is 11.0. The summed E-state index contributed by atoms with van der Waals surface area (Å²) in [5, 5.41) is 3.43. The topological polar surface area (TPSA) is 33.1 Å². The zero-order valence-electron chi connectivity index (χ0n) is 12.6. The van der Waals surface area contributed by atoms with Gasteiger partial charge in [-0.15, -0.1) is 0 Å². The van der Waals surface area contributed by atoms with Crippen LogP contribution in [0.5, 0.6) is 0 Å². The lowest BCUT2D eigenvalue weighted by Gasteiger charge is -2.11. The lowest BCUT2D eigenvalue weighted by atomic mass is 10.2. The van der Waals surface area contributed by atoms with Gasteiger partial charge in [-0.25, -0.2) is 4.98 Å². The Labute approximate surface area is 121 Å². The van der Waals surface area contributed by atoms with Crippen molar-refractivity contribution >= 4 is 5.69 Å². The monoisotopic (exact) mass is 272 g/mol. The summed E-state index contributed by atoms with van der Waals surface area (Å²) in [6.07, 6.45) is 5.04. The van der Waals surface area contributed by atoms with Crippen molar-refractivity contribution in [3.8, 4) is 0 Å². The molecule has 0 aliphatic rings. The van der Waals surface area contributed by atoms with E-state index in [2.05, 4.69) is 65.1 Å². The third-order valence-corrected chi connectivity index (χ3v) is 3.17. The minimum atomic E-state index is 0.764. The number of anilines is 1. The molecule has 1 N–H and O–H groups in total. The van der Waals surface area contributed by atoms with Crippen molar-refractivity contribution in [2.75, 3.05) is 19.4 Å². The van der Waals surface area contributed by atoms with Crippen molar-refractivity contribution < 1.29 is 0 Å². The maximum absolute atomic E-state index is 4.40. The van der Waals surface area contributed by atoms with Crippen molar-refractivity contribution in [2.45, 2.75) is 33.0 Å². The van der Waals surface area contributed by atoms with Crippen LogP contribution in [0.15, 0.2) is 36.7 Å². The van der Waals surface area contributed by atoms with Crippen LogP contribution in [0.25, 0.3) is 0 Å². The molecule has 0 amide bonds. The third-order valence-electron chi connectivity index (χ3n) is 3.17. The number of hydrogen-bond donors (Lipinski definition) is 1. The van der Waals surface area contributed by atoms with E-state index in [9.17, 15) is 0 Å². The summed E-state index contributed by atoms with van der Waals surface area (Å²) in [6, 6.07) is 8.60. The van der Waals surface area contributed by atoms with E-state index in [0.29, 0.717) is 0 Å². The molecule has 4 heteroatoms. The molecule has 2 rings (SSSR count). The fraction of sp³-hybridized carbons (Fsp3) is 0.438. The first kappa shape index (κ1) is 14.6. The highest BCUT2D eigenvalue weighted by Crippen LogP contribution is 2.12. The lowest BCUT2D eigenvalue weighted by molar-refractivity contribution is 0.402. The molecule has 20 heavy (non-hydrogen) atoms. The summed E-state index contributed by atoms with van der Waals surface area (Å²) >= 11 is 0. The second-order valence-corrected chi connectivity index (χ2v) is 5.33. The van der Waals surface area contributed by atoms with E-state index >= 15 is 0 Å². The number of nitrogens with zero attached hydrogens (tertiary/aromatic N) is 3. The quantitative estimate of drug-likeness (QED) is 0.841. The minimum Gasteiger partial charge on any atom is -0.378 e. The van der Waals surface area contributed by atoms with Crippen LogP contribution in [0, 0.1) is 0 Å². The molecule has 1 aromatic heterocycles. The number of aryl methyl sites for hydroxylation is 1. The fourth-order valence-electron chi connectivity index (χ4n) is 2.23. The predicted octanol–water partition coefficient (Wildman–Crippen LogP) is 2.97.